The van der Waals surface area contributed by atoms with E-state index in [1.807, 2.05) is 36.4 Å². The number of ether oxygens (including phenoxy) is 1. The number of carbonyl (C=O) groups is 2. The molecule has 1 fully saturated rings. The van der Waals surface area contributed by atoms with E-state index in [1.54, 1.807) is 12.1 Å². The summed E-state index contributed by atoms with van der Waals surface area (Å²) in [5, 5.41) is 31.7. The Hall–Kier alpha value is -4.23. The lowest BCUT2D eigenvalue weighted by Gasteiger charge is -2.27. The zero-order chi connectivity index (χ0) is 32.4. The van der Waals surface area contributed by atoms with Gasteiger partial charge in [0.15, 0.2) is 5.82 Å². The number of nitrogens with one attached hydrogen (secondary N) is 1. The third kappa shape index (κ3) is 6.38. The van der Waals surface area contributed by atoms with Crippen molar-refractivity contribution >= 4 is 35.2 Å². The van der Waals surface area contributed by atoms with Crippen LogP contribution in [0.5, 0.6) is 5.88 Å². The van der Waals surface area contributed by atoms with Gasteiger partial charge < -0.3 is 29.7 Å². The SMILES string of the molecule is COc1nc(-c2cccc(-c3cccc(-c4nnc5n4CCN(CCO)C5)c3Cl)c2Cl)ccc1CN(C[C@@H]1CCC(=O)N1)C(=O)O. The molecule has 4 aromatic rings. The number of fused-ring (bicyclic) bond motifs is 1. The van der Waals surface area contributed by atoms with E-state index in [0.717, 1.165) is 23.5 Å². The van der Waals surface area contributed by atoms with E-state index >= 15 is 0 Å². The lowest BCUT2D eigenvalue weighted by molar-refractivity contribution is -0.119. The summed E-state index contributed by atoms with van der Waals surface area (Å²) in [6.45, 7) is 2.93. The van der Waals surface area contributed by atoms with Crippen molar-refractivity contribution < 1.29 is 24.5 Å². The van der Waals surface area contributed by atoms with Crippen LogP contribution in [-0.4, -0.2) is 91.2 Å². The first-order valence-corrected chi connectivity index (χ1v) is 15.7. The van der Waals surface area contributed by atoms with Gasteiger partial charge in [0.2, 0.25) is 11.8 Å². The monoisotopic (exact) mass is 665 g/mol. The van der Waals surface area contributed by atoms with Crippen molar-refractivity contribution in [3.63, 3.8) is 0 Å². The number of pyridine rings is 1. The number of rotatable bonds is 10. The van der Waals surface area contributed by atoms with Gasteiger partial charge in [0.1, 0.15) is 5.82 Å². The zero-order valence-electron chi connectivity index (χ0n) is 25.1. The maximum absolute atomic E-state index is 12.0. The first-order valence-electron chi connectivity index (χ1n) is 14.9. The number of benzene rings is 2. The molecule has 0 saturated carbocycles. The fraction of sp³-hybridized carbons (Fsp3) is 0.344. The predicted molar refractivity (Wildman–Crippen MR) is 173 cm³/mol. The zero-order valence-corrected chi connectivity index (χ0v) is 26.6. The van der Waals surface area contributed by atoms with Crippen molar-refractivity contribution in [2.24, 2.45) is 0 Å². The molecule has 1 saturated heterocycles. The van der Waals surface area contributed by atoms with E-state index in [1.165, 1.54) is 12.0 Å². The fourth-order valence-corrected chi connectivity index (χ4v) is 6.64. The normalized spacial score (nSPS) is 16.3. The Morgan fingerprint density at radius 3 is 2.43 bits per heavy atom. The van der Waals surface area contributed by atoms with Gasteiger partial charge in [0.25, 0.3) is 0 Å². The van der Waals surface area contributed by atoms with Crippen LogP contribution in [0.2, 0.25) is 10.0 Å². The second-order valence-corrected chi connectivity index (χ2v) is 12.0. The van der Waals surface area contributed by atoms with Gasteiger partial charge in [-0.1, -0.05) is 53.5 Å². The molecular formula is C32H33Cl2N7O5. The molecular weight excluding hydrogens is 633 g/mol. The molecule has 2 aliphatic heterocycles. The van der Waals surface area contributed by atoms with E-state index in [-0.39, 0.29) is 37.5 Å². The number of carbonyl (C=O) groups excluding carboxylic acids is 1. The molecule has 0 spiro atoms. The molecule has 46 heavy (non-hydrogen) atoms. The number of halogens is 2. The highest BCUT2D eigenvalue weighted by Crippen LogP contribution is 2.42. The maximum atomic E-state index is 12.0. The lowest BCUT2D eigenvalue weighted by Crippen LogP contribution is -2.41. The molecule has 0 radical (unpaired) electrons. The van der Waals surface area contributed by atoms with Crippen molar-refractivity contribution in [3.05, 3.63) is 70.0 Å². The van der Waals surface area contributed by atoms with Crippen LogP contribution in [0.3, 0.4) is 0 Å². The van der Waals surface area contributed by atoms with Crippen LogP contribution in [0.4, 0.5) is 4.79 Å². The minimum Gasteiger partial charge on any atom is -0.481 e. The predicted octanol–water partition coefficient (Wildman–Crippen LogP) is 4.56. The first kappa shape index (κ1) is 31.7. The van der Waals surface area contributed by atoms with Crippen molar-refractivity contribution in [2.75, 3.05) is 33.4 Å². The van der Waals surface area contributed by atoms with Crippen LogP contribution in [-0.2, 0) is 24.4 Å². The third-order valence-corrected chi connectivity index (χ3v) is 9.16. The number of aliphatic hydroxyl groups excluding tert-OH is 1. The van der Waals surface area contributed by atoms with Crippen molar-refractivity contribution in [1.82, 2.24) is 34.9 Å². The highest BCUT2D eigenvalue weighted by Gasteiger charge is 2.27. The van der Waals surface area contributed by atoms with E-state index < -0.39 is 6.09 Å². The van der Waals surface area contributed by atoms with Gasteiger partial charge in [-0.25, -0.2) is 9.78 Å². The Morgan fingerprint density at radius 1 is 1.04 bits per heavy atom. The number of nitrogens with zero attached hydrogens (tertiary/aromatic N) is 6. The third-order valence-electron chi connectivity index (χ3n) is 8.34. The molecule has 240 valence electrons. The van der Waals surface area contributed by atoms with Crippen molar-refractivity contribution in [2.45, 2.75) is 38.5 Å². The summed E-state index contributed by atoms with van der Waals surface area (Å²) < 4.78 is 7.64. The van der Waals surface area contributed by atoms with Gasteiger partial charge in [0, 0.05) is 66.5 Å². The Morgan fingerprint density at radius 2 is 1.76 bits per heavy atom. The number of β-amino-alcohol motifs (C(OH)–C–C–N with tert-alkyl or cyclic N) is 1. The summed E-state index contributed by atoms with van der Waals surface area (Å²) >= 11 is 14.1. The Labute approximate surface area is 275 Å². The number of amides is 2. The van der Waals surface area contributed by atoms with Crippen LogP contribution >= 0.6 is 23.2 Å². The summed E-state index contributed by atoms with van der Waals surface area (Å²) in [5.74, 6) is 1.69. The van der Waals surface area contributed by atoms with Crippen LogP contribution in [0.1, 0.15) is 24.2 Å². The Balaban J connectivity index is 1.28. The average molecular weight is 667 g/mol. The van der Waals surface area contributed by atoms with Gasteiger partial charge in [-0.05, 0) is 24.6 Å². The largest absolute Gasteiger partial charge is 0.481 e. The molecule has 2 aliphatic rings. The second kappa shape index (κ2) is 13.6. The molecule has 0 aliphatic carbocycles. The number of hydrogen-bond donors (Lipinski definition) is 3. The van der Waals surface area contributed by atoms with E-state index in [0.29, 0.717) is 70.7 Å². The summed E-state index contributed by atoms with van der Waals surface area (Å²) in [6.07, 6.45) is -0.123. The summed E-state index contributed by atoms with van der Waals surface area (Å²) in [4.78, 5) is 31.7. The van der Waals surface area contributed by atoms with Gasteiger partial charge >= 0.3 is 6.09 Å². The molecule has 14 heteroatoms. The van der Waals surface area contributed by atoms with Gasteiger partial charge in [-0.15, -0.1) is 10.2 Å². The van der Waals surface area contributed by atoms with Gasteiger partial charge in [0.05, 0.1) is 42.5 Å². The molecule has 3 N–H and O–H groups in total. The Bertz CT molecular complexity index is 1780. The highest BCUT2D eigenvalue weighted by atomic mass is 35.5. The summed E-state index contributed by atoms with van der Waals surface area (Å²) in [7, 11) is 1.48. The van der Waals surface area contributed by atoms with Crippen molar-refractivity contribution in [1.29, 1.82) is 0 Å². The number of hydrogen-bond acceptors (Lipinski definition) is 8. The molecule has 1 atom stereocenters. The van der Waals surface area contributed by atoms with E-state index in [4.69, 9.17) is 32.9 Å². The minimum atomic E-state index is -1.10. The minimum absolute atomic E-state index is 0.0418. The molecule has 6 rings (SSSR count). The number of aromatic nitrogens is 4. The Kier molecular flexibility index (Phi) is 9.41. The molecule has 2 aromatic heterocycles. The number of carboxylic acid groups (broad SMARTS) is 1. The lowest BCUT2D eigenvalue weighted by atomic mass is 9.98. The highest BCUT2D eigenvalue weighted by molar-refractivity contribution is 6.39. The van der Waals surface area contributed by atoms with Crippen LogP contribution < -0.4 is 10.1 Å². The smallest absolute Gasteiger partial charge is 0.407 e. The van der Waals surface area contributed by atoms with Crippen molar-refractivity contribution in [3.8, 4) is 39.7 Å². The number of methoxy groups -OCH3 is 1. The summed E-state index contributed by atoms with van der Waals surface area (Å²) in [5.41, 5.74) is 3.94. The van der Waals surface area contributed by atoms with Crippen LogP contribution in [0.15, 0.2) is 48.5 Å². The average Bonchev–Trinajstić information content (AvgIpc) is 3.66. The fourth-order valence-electron chi connectivity index (χ4n) is 6.00. The topological polar surface area (TPSA) is 146 Å². The second-order valence-electron chi connectivity index (χ2n) is 11.3. The van der Waals surface area contributed by atoms with E-state index in [9.17, 15) is 19.8 Å². The standard InChI is InChI=1S/C32H33Cl2N7O5/c1-46-31-19(16-40(32(44)45)17-20-9-11-27(43)35-20)8-10-25(36-31)23-6-2-4-21(28(23)33)22-5-3-7-24(29(22)34)30-38-37-26-18-39(14-15-42)12-13-41(26)30/h2-8,10,20,42H,9,11-18H2,1H3,(H,35,43)(H,44,45)/t20-/m0/s1. The van der Waals surface area contributed by atoms with E-state index in [2.05, 4.69) is 25.0 Å². The molecule has 2 amide bonds. The first-order chi connectivity index (χ1) is 22.3. The number of aliphatic hydroxyl groups is 1. The molecule has 2 aromatic carbocycles. The molecule has 4 heterocycles. The quantitative estimate of drug-likeness (QED) is 0.222. The van der Waals surface area contributed by atoms with Gasteiger partial charge in [-0.3, -0.25) is 9.69 Å². The summed E-state index contributed by atoms with van der Waals surface area (Å²) in [6, 6.07) is 14.7. The van der Waals surface area contributed by atoms with Crippen LogP contribution in [0, 0.1) is 0 Å². The maximum Gasteiger partial charge on any atom is 0.407 e. The molecule has 0 unspecified atom stereocenters. The molecule has 0 bridgehead atoms. The van der Waals surface area contributed by atoms with Crippen LogP contribution in [0.25, 0.3) is 33.8 Å². The molecule has 12 nitrogen and oxygen atoms in total. The van der Waals surface area contributed by atoms with Gasteiger partial charge in [-0.2, -0.15) is 0 Å².